The molecule has 234 valence electrons. The van der Waals surface area contributed by atoms with Crippen molar-refractivity contribution in [3.8, 4) is 0 Å². The lowest BCUT2D eigenvalue weighted by Gasteiger charge is -2.08. The van der Waals surface area contributed by atoms with Crippen LogP contribution in [-0.4, -0.2) is 32.9 Å². The summed E-state index contributed by atoms with van der Waals surface area (Å²) >= 11 is 0. The van der Waals surface area contributed by atoms with Gasteiger partial charge in [0.05, 0.1) is 21.3 Å². The molecule has 1 heterocycles. The van der Waals surface area contributed by atoms with E-state index in [4.69, 9.17) is 0 Å². The summed E-state index contributed by atoms with van der Waals surface area (Å²) < 4.78 is 51.1. The number of nitrogens with zero attached hydrogens (tertiary/aromatic N) is 1. The molecule has 0 aliphatic rings. The zero-order valence-electron chi connectivity index (χ0n) is 26.2. The third-order valence-corrected chi connectivity index (χ3v) is 11.8. The number of benzene rings is 4. The van der Waals surface area contributed by atoms with Crippen molar-refractivity contribution in [2.45, 2.75) is 62.8 Å². The lowest BCUT2D eigenvalue weighted by Crippen LogP contribution is -2.02. The summed E-state index contributed by atoms with van der Waals surface area (Å²) in [6, 6.07) is 27.2. The maximum absolute atomic E-state index is 12.2. The summed E-state index contributed by atoms with van der Waals surface area (Å²) in [4.78, 5) is 0.697. The van der Waals surface area contributed by atoms with Crippen LogP contribution in [0.1, 0.15) is 68.7 Å². The van der Waals surface area contributed by atoms with Gasteiger partial charge in [0.15, 0.2) is 19.7 Å². The summed E-state index contributed by atoms with van der Waals surface area (Å²) in [6.07, 6.45) is 12.9. The van der Waals surface area contributed by atoms with Crippen LogP contribution < -0.4 is 0 Å². The molecule has 1 aromatic heterocycles. The summed E-state index contributed by atoms with van der Waals surface area (Å²) in [6.45, 7) is 6.50. The molecule has 0 aliphatic heterocycles. The van der Waals surface area contributed by atoms with Crippen molar-refractivity contribution >= 4 is 65.8 Å². The molecule has 0 unspecified atom stereocenters. The topological polar surface area (TPSA) is 73.2 Å². The molecule has 5 nitrogen and oxygen atoms in total. The van der Waals surface area contributed by atoms with Crippen molar-refractivity contribution in [2.75, 3.05) is 11.5 Å². The molecule has 0 saturated carbocycles. The number of unbranched alkanes of at least 4 members (excludes halogenated alkanes) is 3. The molecular weight excluding hydrogens is 599 g/mol. The fourth-order valence-corrected chi connectivity index (χ4v) is 7.34. The lowest BCUT2D eigenvalue weighted by atomic mass is 10.1. The van der Waals surface area contributed by atoms with E-state index in [1.54, 1.807) is 38.1 Å². The van der Waals surface area contributed by atoms with E-state index in [1.165, 1.54) is 41.1 Å². The zero-order valence-corrected chi connectivity index (χ0v) is 27.9. The smallest absolute Gasteiger partial charge is 0.178 e. The Bertz CT molecular complexity index is 1920. The molecule has 0 N–H and O–H groups in total. The molecule has 0 aliphatic carbocycles. The van der Waals surface area contributed by atoms with Gasteiger partial charge in [0, 0.05) is 28.4 Å². The Kier molecular flexibility index (Phi) is 10.1. The van der Waals surface area contributed by atoms with Crippen molar-refractivity contribution in [3.63, 3.8) is 0 Å². The van der Waals surface area contributed by atoms with Gasteiger partial charge in [0.1, 0.15) is 0 Å². The number of fused-ring (bicyclic) bond motifs is 3. The molecule has 0 bridgehead atoms. The molecule has 7 heteroatoms. The van der Waals surface area contributed by atoms with Gasteiger partial charge >= 0.3 is 0 Å². The molecule has 5 aromatic rings. The van der Waals surface area contributed by atoms with Gasteiger partial charge in [-0.1, -0.05) is 101 Å². The number of rotatable bonds is 13. The monoisotopic (exact) mass is 639 g/mol. The highest BCUT2D eigenvalue weighted by atomic mass is 32.2. The maximum Gasteiger partial charge on any atom is 0.178 e. The predicted molar refractivity (Wildman–Crippen MR) is 190 cm³/mol. The minimum Gasteiger partial charge on any atom is -0.340 e. The molecule has 0 atom stereocenters. The van der Waals surface area contributed by atoms with Gasteiger partial charge in [-0.2, -0.15) is 0 Å². The zero-order chi connectivity index (χ0) is 32.0. The standard InChI is InChI=1S/C38H41NO4S2/c1-4-7-8-9-26-39-37-24-18-31(12-10-29-14-20-33(21-15-29)44(40,41)5-2)27-35(37)36-28-32(19-25-38(36)39)13-11-30-16-22-34(23-17-30)45(42,43)6-3/h10-25,27-28H,4-9,26H2,1-3H3/b12-10+,13-11+. The average molecular weight is 640 g/mol. The Hall–Kier alpha value is -3.94. The van der Waals surface area contributed by atoms with Crippen molar-refractivity contribution in [2.24, 2.45) is 0 Å². The Morgan fingerprint density at radius 3 is 1.31 bits per heavy atom. The average Bonchev–Trinajstić information content (AvgIpc) is 3.37. The van der Waals surface area contributed by atoms with Gasteiger partial charge in [-0.25, -0.2) is 16.8 Å². The van der Waals surface area contributed by atoms with Crippen LogP contribution in [0.5, 0.6) is 0 Å². The number of sulfone groups is 2. The van der Waals surface area contributed by atoms with Gasteiger partial charge in [0.2, 0.25) is 0 Å². The Morgan fingerprint density at radius 1 is 0.511 bits per heavy atom. The van der Waals surface area contributed by atoms with Gasteiger partial charge in [-0.3, -0.25) is 0 Å². The SMILES string of the molecule is CCCCCCn1c2ccc(/C=C/c3ccc(S(=O)(=O)CC)cc3)cc2c2cc(/C=C/c3ccc(S(=O)(=O)CC)cc3)ccc21. The first kappa shape index (κ1) is 32.5. The normalized spacial score (nSPS) is 12.7. The highest BCUT2D eigenvalue weighted by Crippen LogP contribution is 2.32. The van der Waals surface area contributed by atoms with E-state index in [0.29, 0.717) is 9.79 Å². The predicted octanol–water partition coefficient (Wildman–Crippen LogP) is 9.30. The summed E-state index contributed by atoms with van der Waals surface area (Å²) in [7, 11) is -6.44. The van der Waals surface area contributed by atoms with Gasteiger partial charge < -0.3 is 4.57 Å². The quantitative estimate of drug-likeness (QED) is 0.0951. The molecule has 0 amide bonds. The first-order chi connectivity index (χ1) is 21.6. The van der Waals surface area contributed by atoms with Gasteiger partial charge in [0.25, 0.3) is 0 Å². The van der Waals surface area contributed by atoms with E-state index in [9.17, 15) is 16.8 Å². The van der Waals surface area contributed by atoms with Crippen molar-refractivity contribution in [1.82, 2.24) is 4.57 Å². The number of aryl methyl sites for hydroxylation is 1. The number of hydrogen-bond donors (Lipinski definition) is 0. The van der Waals surface area contributed by atoms with Crippen molar-refractivity contribution in [1.29, 1.82) is 0 Å². The van der Waals surface area contributed by atoms with Crippen LogP contribution in [0.15, 0.2) is 94.7 Å². The van der Waals surface area contributed by atoms with Gasteiger partial charge in [-0.05, 0) is 77.2 Å². The van der Waals surface area contributed by atoms with Gasteiger partial charge in [-0.15, -0.1) is 0 Å². The second kappa shape index (κ2) is 14.0. The fraction of sp³-hybridized carbons (Fsp3) is 0.263. The molecule has 5 rings (SSSR count). The number of aromatic nitrogens is 1. The summed E-state index contributed by atoms with van der Waals surface area (Å²) in [5.41, 5.74) is 6.44. The summed E-state index contributed by atoms with van der Waals surface area (Å²) in [5.74, 6) is 0.176. The van der Waals surface area contributed by atoms with E-state index in [-0.39, 0.29) is 11.5 Å². The largest absolute Gasteiger partial charge is 0.340 e. The van der Waals surface area contributed by atoms with E-state index in [0.717, 1.165) is 35.2 Å². The molecule has 0 saturated heterocycles. The van der Waals surface area contributed by atoms with E-state index < -0.39 is 19.7 Å². The van der Waals surface area contributed by atoms with Crippen LogP contribution >= 0.6 is 0 Å². The molecule has 45 heavy (non-hydrogen) atoms. The van der Waals surface area contributed by atoms with E-state index in [1.807, 2.05) is 36.4 Å². The second-order valence-electron chi connectivity index (χ2n) is 11.4. The number of hydrogen-bond acceptors (Lipinski definition) is 4. The molecule has 0 radical (unpaired) electrons. The van der Waals surface area contributed by atoms with Crippen LogP contribution in [0.3, 0.4) is 0 Å². The Morgan fingerprint density at radius 2 is 0.911 bits per heavy atom. The first-order valence-corrected chi connectivity index (χ1v) is 19.0. The van der Waals surface area contributed by atoms with E-state index >= 15 is 0 Å². The van der Waals surface area contributed by atoms with E-state index in [2.05, 4.69) is 60.0 Å². The second-order valence-corrected chi connectivity index (χ2v) is 15.9. The molecule has 0 fully saturated rings. The minimum atomic E-state index is -3.22. The van der Waals surface area contributed by atoms with Crippen molar-refractivity contribution < 1.29 is 16.8 Å². The van der Waals surface area contributed by atoms with Crippen LogP contribution in [0.4, 0.5) is 0 Å². The summed E-state index contributed by atoms with van der Waals surface area (Å²) in [5, 5.41) is 2.38. The molecule has 0 spiro atoms. The van der Waals surface area contributed by atoms with Crippen LogP contribution in [0.2, 0.25) is 0 Å². The molecule has 4 aromatic carbocycles. The Balaban J connectivity index is 1.48. The third-order valence-electron chi connectivity index (χ3n) is 8.32. The highest BCUT2D eigenvalue weighted by molar-refractivity contribution is 7.91. The fourth-order valence-electron chi connectivity index (χ4n) is 5.57. The third kappa shape index (κ3) is 7.48. The van der Waals surface area contributed by atoms with Crippen molar-refractivity contribution in [3.05, 3.63) is 107 Å². The Labute approximate surface area is 267 Å². The first-order valence-electron chi connectivity index (χ1n) is 15.7. The van der Waals surface area contributed by atoms with Crippen LogP contribution in [0, 0.1) is 0 Å². The maximum atomic E-state index is 12.2. The lowest BCUT2D eigenvalue weighted by molar-refractivity contribution is 0.595. The highest BCUT2D eigenvalue weighted by Gasteiger charge is 2.13. The molecular formula is C38H41NO4S2. The minimum absolute atomic E-state index is 0.0878. The van der Waals surface area contributed by atoms with Crippen LogP contribution in [-0.2, 0) is 26.2 Å². The van der Waals surface area contributed by atoms with Crippen LogP contribution in [0.25, 0.3) is 46.1 Å².